The normalized spacial score (nSPS) is 18.1. The lowest BCUT2D eigenvalue weighted by atomic mass is 9.91. The Labute approximate surface area is 139 Å². The largest absolute Gasteiger partial charge is 0.435 e. The first-order chi connectivity index (χ1) is 12.0. The number of aromatic nitrogens is 1. The van der Waals surface area contributed by atoms with Crippen molar-refractivity contribution in [2.45, 2.75) is 25.4 Å². The fourth-order valence-corrected chi connectivity index (χ4v) is 3.14. The van der Waals surface area contributed by atoms with Gasteiger partial charge in [-0.1, -0.05) is 11.2 Å². The minimum Gasteiger partial charge on any atom is -0.435 e. The predicted octanol–water partition coefficient (Wildman–Crippen LogP) is 3.10. The van der Waals surface area contributed by atoms with Gasteiger partial charge in [-0.15, -0.1) is 0 Å². The molecule has 0 aliphatic carbocycles. The van der Waals surface area contributed by atoms with Crippen molar-refractivity contribution in [1.29, 1.82) is 0 Å². The summed E-state index contributed by atoms with van der Waals surface area (Å²) >= 11 is 0. The maximum atomic E-state index is 12.4. The van der Waals surface area contributed by atoms with Gasteiger partial charge in [0, 0.05) is 6.42 Å². The summed E-state index contributed by atoms with van der Waals surface area (Å²) < 4.78 is 34.5. The number of halogens is 2. The van der Waals surface area contributed by atoms with Crippen molar-refractivity contribution >= 4 is 33.6 Å². The van der Waals surface area contributed by atoms with Crippen LogP contribution in [0.5, 0.6) is 5.75 Å². The van der Waals surface area contributed by atoms with Gasteiger partial charge in [-0.05, 0) is 41.5 Å². The molecule has 128 valence electrons. The number of amides is 2. The molecule has 0 saturated carbocycles. The molecule has 0 radical (unpaired) electrons. The number of carbonyl (C=O) groups excluding carboxylic acids is 2. The summed E-state index contributed by atoms with van der Waals surface area (Å²) in [7, 11) is 0. The third-order valence-corrected chi connectivity index (χ3v) is 4.25. The Morgan fingerprint density at radius 2 is 2.08 bits per heavy atom. The van der Waals surface area contributed by atoms with Crippen LogP contribution in [-0.4, -0.2) is 23.6 Å². The fourth-order valence-electron chi connectivity index (χ4n) is 3.14. The molecule has 4 rings (SSSR count). The van der Waals surface area contributed by atoms with Crippen LogP contribution in [0.4, 0.5) is 8.78 Å². The fraction of sp³-hybridized carbons (Fsp3) is 0.235. The van der Waals surface area contributed by atoms with Gasteiger partial charge in [-0.3, -0.25) is 14.9 Å². The molecule has 1 aromatic heterocycles. The predicted molar refractivity (Wildman–Crippen MR) is 83.3 cm³/mol. The second-order valence-electron chi connectivity index (χ2n) is 5.77. The molecule has 1 aliphatic heterocycles. The Morgan fingerprint density at radius 1 is 1.24 bits per heavy atom. The van der Waals surface area contributed by atoms with E-state index < -0.39 is 18.4 Å². The third-order valence-electron chi connectivity index (χ3n) is 4.25. The smallest absolute Gasteiger partial charge is 0.387 e. The highest BCUT2D eigenvalue weighted by Crippen LogP contribution is 2.36. The number of nitrogens with one attached hydrogen (secondary N) is 1. The van der Waals surface area contributed by atoms with Gasteiger partial charge in [-0.2, -0.15) is 8.78 Å². The summed E-state index contributed by atoms with van der Waals surface area (Å²) in [4.78, 5) is 23.5. The summed E-state index contributed by atoms with van der Waals surface area (Å²) in [5.74, 6) is -1.28. The number of benzene rings is 2. The number of alkyl halides is 2. The Bertz CT molecular complexity index is 999. The van der Waals surface area contributed by atoms with Crippen LogP contribution in [0, 0.1) is 0 Å². The molecule has 6 nitrogen and oxygen atoms in total. The highest BCUT2D eigenvalue weighted by molar-refractivity contribution is 6.10. The zero-order chi connectivity index (χ0) is 17.6. The van der Waals surface area contributed by atoms with Crippen LogP contribution in [0.15, 0.2) is 34.9 Å². The molecule has 1 fully saturated rings. The molecule has 2 heterocycles. The molecule has 0 spiro atoms. The lowest BCUT2D eigenvalue weighted by Gasteiger charge is -2.19. The average Bonchev–Trinajstić information content (AvgIpc) is 2.98. The van der Waals surface area contributed by atoms with Gasteiger partial charge in [0.05, 0.1) is 11.3 Å². The van der Waals surface area contributed by atoms with Crippen molar-refractivity contribution in [1.82, 2.24) is 10.5 Å². The van der Waals surface area contributed by atoms with E-state index in [2.05, 4.69) is 15.2 Å². The number of piperidine rings is 1. The topological polar surface area (TPSA) is 81.4 Å². The highest BCUT2D eigenvalue weighted by atomic mass is 19.3. The Hall–Kier alpha value is -3.03. The Balaban J connectivity index is 1.84. The highest BCUT2D eigenvalue weighted by Gasteiger charge is 2.32. The molecule has 3 aromatic rings. The van der Waals surface area contributed by atoms with E-state index in [1.54, 1.807) is 18.2 Å². The summed E-state index contributed by atoms with van der Waals surface area (Å²) in [5, 5.41) is 8.31. The molecular formula is C17H12F2N2O4. The number of ether oxygens (including phenoxy) is 1. The minimum atomic E-state index is -2.91. The second kappa shape index (κ2) is 5.80. The first-order valence-corrected chi connectivity index (χ1v) is 7.63. The number of imide groups is 1. The van der Waals surface area contributed by atoms with Crippen LogP contribution < -0.4 is 10.1 Å². The number of hydrogen-bond donors (Lipinski definition) is 1. The van der Waals surface area contributed by atoms with Crippen molar-refractivity contribution in [3.8, 4) is 5.75 Å². The molecule has 8 heteroatoms. The quantitative estimate of drug-likeness (QED) is 0.737. The van der Waals surface area contributed by atoms with E-state index in [1.807, 2.05) is 0 Å². The number of rotatable bonds is 3. The van der Waals surface area contributed by atoms with Crippen LogP contribution in [0.1, 0.15) is 24.5 Å². The van der Waals surface area contributed by atoms with Crippen LogP contribution in [-0.2, 0) is 9.59 Å². The van der Waals surface area contributed by atoms with Gasteiger partial charge in [0.2, 0.25) is 11.8 Å². The van der Waals surface area contributed by atoms with Crippen LogP contribution in [0.25, 0.3) is 21.7 Å². The summed E-state index contributed by atoms with van der Waals surface area (Å²) in [6, 6.07) is 7.90. The van der Waals surface area contributed by atoms with E-state index in [4.69, 9.17) is 4.52 Å². The monoisotopic (exact) mass is 346 g/mol. The van der Waals surface area contributed by atoms with Gasteiger partial charge >= 0.3 is 6.61 Å². The van der Waals surface area contributed by atoms with E-state index in [9.17, 15) is 18.4 Å². The van der Waals surface area contributed by atoms with Crippen molar-refractivity contribution in [2.75, 3.05) is 0 Å². The summed E-state index contributed by atoms with van der Waals surface area (Å²) in [6.45, 7) is -2.91. The van der Waals surface area contributed by atoms with Crippen molar-refractivity contribution in [3.63, 3.8) is 0 Å². The van der Waals surface area contributed by atoms with Crippen LogP contribution in [0.2, 0.25) is 0 Å². The molecular weight excluding hydrogens is 334 g/mol. The maximum Gasteiger partial charge on any atom is 0.387 e. The van der Waals surface area contributed by atoms with Gasteiger partial charge in [-0.25, -0.2) is 0 Å². The third kappa shape index (κ3) is 2.69. The van der Waals surface area contributed by atoms with Crippen molar-refractivity contribution in [2.24, 2.45) is 0 Å². The number of hydrogen-bond acceptors (Lipinski definition) is 5. The SMILES string of the molecule is O=C1CC[C@H](c2noc3ccc4cc(OC(F)F)ccc4c23)C(=O)N1. The number of fused-ring (bicyclic) bond motifs is 3. The molecule has 1 atom stereocenters. The van der Waals surface area contributed by atoms with E-state index >= 15 is 0 Å². The van der Waals surface area contributed by atoms with E-state index in [1.165, 1.54) is 12.1 Å². The second-order valence-corrected chi connectivity index (χ2v) is 5.77. The molecule has 1 aliphatic rings. The minimum absolute atomic E-state index is 0.0425. The first-order valence-electron chi connectivity index (χ1n) is 7.63. The lowest BCUT2D eigenvalue weighted by molar-refractivity contribution is -0.134. The molecule has 2 amide bonds. The zero-order valence-corrected chi connectivity index (χ0v) is 12.8. The molecule has 1 saturated heterocycles. The standard InChI is InChI=1S/C17H12F2N2O4/c18-17(19)24-9-2-3-10-8(7-9)1-5-12-14(10)15(21-25-12)11-4-6-13(22)20-16(11)23/h1-3,5,7,11,17H,4,6H2,(H,20,22,23)/t11-/m1/s1. The summed E-state index contributed by atoms with van der Waals surface area (Å²) in [6.07, 6.45) is 0.567. The van der Waals surface area contributed by atoms with E-state index in [0.717, 1.165) is 0 Å². The lowest BCUT2D eigenvalue weighted by Crippen LogP contribution is -2.39. The Kier molecular flexibility index (Phi) is 3.60. The van der Waals surface area contributed by atoms with Crippen molar-refractivity contribution in [3.05, 3.63) is 36.0 Å². The van der Waals surface area contributed by atoms with E-state index in [0.29, 0.717) is 33.9 Å². The van der Waals surface area contributed by atoms with Gasteiger partial charge < -0.3 is 9.26 Å². The molecule has 25 heavy (non-hydrogen) atoms. The van der Waals surface area contributed by atoms with Gasteiger partial charge in [0.25, 0.3) is 0 Å². The van der Waals surface area contributed by atoms with E-state index in [-0.39, 0.29) is 18.1 Å². The average molecular weight is 346 g/mol. The molecule has 2 aromatic carbocycles. The number of carbonyl (C=O) groups is 2. The van der Waals surface area contributed by atoms with Gasteiger partial charge in [0.15, 0.2) is 5.58 Å². The Morgan fingerprint density at radius 3 is 2.84 bits per heavy atom. The maximum absolute atomic E-state index is 12.4. The van der Waals surface area contributed by atoms with Gasteiger partial charge in [0.1, 0.15) is 11.4 Å². The zero-order valence-electron chi connectivity index (χ0n) is 12.8. The van der Waals surface area contributed by atoms with Crippen LogP contribution in [0.3, 0.4) is 0 Å². The van der Waals surface area contributed by atoms with Crippen molar-refractivity contribution < 1.29 is 27.6 Å². The summed E-state index contributed by atoms with van der Waals surface area (Å²) in [5.41, 5.74) is 0.919. The number of nitrogens with zero attached hydrogens (tertiary/aromatic N) is 1. The van der Waals surface area contributed by atoms with Crippen LogP contribution >= 0.6 is 0 Å². The first kappa shape index (κ1) is 15.5. The molecule has 0 bridgehead atoms. The molecule has 1 N–H and O–H groups in total. The molecule has 0 unspecified atom stereocenters.